The number of allylic oxidation sites excluding steroid dienone is 4. The van der Waals surface area contributed by atoms with Crippen molar-refractivity contribution in [2.24, 2.45) is 17.4 Å². The van der Waals surface area contributed by atoms with Crippen LogP contribution in [0, 0.1) is 26.7 Å². The summed E-state index contributed by atoms with van der Waals surface area (Å²) in [5.41, 5.74) is 18.4. The Labute approximate surface area is 327 Å². The first-order valence-electron chi connectivity index (χ1n) is 19.4. The Morgan fingerprint density at radius 3 is 1.35 bits per heavy atom. The van der Waals surface area contributed by atoms with Crippen LogP contribution in [-0.2, 0) is 0 Å². The van der Waals surface area contributed by atoms with E-state index in [9.17, 15) is 0 Å². The number of hydrogen-bond donors (Lipinski definition) is 3. The van der Waals surface area contributed by atoms with Crippen molar-refractivity contribution < 1.29 is 0 Å². The Morgan fingerprint density at radius 1 is 0.692 bits per heavy atom. The highest BCUT2D eigenvalue weighted by molar-refractivity contribution is 5.69. The van der Waals surface area contributed by atoms with E-state index < -0.39 is 0 Å². The van der Waals surface area contributed by atoms with Crippen molar-refractivity contribution in [2.75, 3.05) is 12.4 Å². The second kappa shape index (κ2) is 54.0. The summed E-state index contributed by atoms with van der Waals surface area (Å²) >= 11 is 0. The normalized spacial score (nSPS) is 8.71. The maximum atomic E-state index is 4.61. The Morgan fingerprint density at radius 2 is 1.10 bits per heavy atom. The predicted molar refractivity (Wildman–Crippen MR) is 250 cm³/mol. The minimum atomic E-state index is 0.921. The van der Waals surface area contributed by atoms with Gasteiger partial charge in [-0.15, -0.1) is 26.3 Å². The highest BCUT2D eigenvalue weighted by Gasteiger charge is 2.05. The van der Waals surface area contributed by atoms with E-state index in [1.54, 1.807) is 6.08 Å². The van der Waals surface area contributed by atoms with E-state index in [4.69, 9.17) is 0 Å². The van der Waals surface area contributed by atoms with E-state index >= 15 is 0 Å². The van der Waals surface area contributed by atoms with E-state index in [1.807, 2.05) is 13.0 Å². The molecule has 3 heteroatoms. The summed E-state index contributed by atoms with van der Waals surface area (Å²) in [7, 11) is 1.50. The van der Waals surface area contributed by atoms with Gasteiger partial charge in [-0.2, -0.15) is 0 Å². The molecule has 52 heavy (non-hydrogen) atoms. The standard InChI is InChI=1S/C18H23N.C8H10.C8H18.2C4H10.C2H5N.2C2H4.CH5N/c1-7-9-16(8-2)15(6)19-18-12-17(13(3)4)11-10-14(18)5;1-7-5-3-4-6-8(7)2;1-4-7-8(5-2)6-3;2*1-3-4-2;1-2-3;3*1-2/h7,9-12,19H,1,3,6,8H2,2,4-5H3;3-6H,1-2H3;8H,4-7H2,1-3H3;2*3-4H2,1-2H3;2H,1,3H2;2*1-2H2;2H2,1H3/b16-9+;;;;;;;;. The fourth-order valence-corrected chi connectivity index (χ4v) is 3.61. The average molecular weight is 720 g/mol. The lowest BCUT2D eigenvalue weighted by molar-refractivity contribution is 0.451. The molecule has 300 valence electrons. The number of aryl methyl sites for hydroxylation is 3. The van der Waals surface area contributed by atoms with Crippen LogP contribution < -0.4 is 16.8 Å². The lowest BCUT2D eigenvalue weighted by Gasteiger charge is -2.15. The van der Waals surface area contributed by atoms with E-state index in [0.29, 0.717) is 0 Å². The number of rotatable bonds is 12. The molecule has 3 nitrogen and oxygen atoms in total. The molecule has 5 N–H and O–H groups in total. The first-order chi connectivity index (χ1) is 24.9. The number of unbranched alkanes of at least 4 members (excludes halogenated alkanes) is 2. The lowest BCUT2D eigenvalue weighted by atomic mass is 9.98. The van der Waals surface area contributed by atoms with Gasteiger partial charge in [0.05, 0.1) is 0 Å². The zero-order valence-corrected chi connectivity index (χ0v) is 37.0. The van der Waals surface area contributed by atoms with Gasteiger partial charge in [-0.1, -0.05) is 187 Å². The van der Waals surface area contributed by atoms with E-state index in [0.717, 1.165) is 40.4 Å². The van der Waals surface area contributed by atoms with Crippen molar-refractivity contribution in [3.63, 3.8) is 0 Å². The van der Waals surface area contributed by atoms with Crippen LogP contribution in [0.5, 0.6) is 0 Å². The molecule has 0 atom stereocenters. The Hall–Kier alpha value is -3.82. The predicted octanol–water partition coefficient (Wildman–Crippen LogP) is 15.9. The number of benzene rings is 2. The maximum absolute atomic E-state index is 4.61. The van der Waals surface area contributed by atoms with Gasteiger partial charge in [0.2, 0.25) is 0 Å². The molecule has 0 aliphatic rings. The molecule has 0 saturated heterocycles. The highest BCUT2D eigenvalue weighted by Crippen LogP contribution is 2.24. The molecule has 0 unspecified atom stereocenters. The van der Waals surface area contributed by atoms with Gasteiger partial charge >= 0.3 is 0 Å². The van der Waals surface area contributed by atoms with E-state index in [-0.39, 0.29) is 0 Å². The molecular formula is C49H89N3. The molecule has 0 spiro atoms. The van der Waals surface area contributed by atoms with E-state index in [2.05, 4.69) is 188 Å². The summed E-state index contributed by atoms with van der Waals surface area (Å²) in [4.78, 5) is 0. The molecule has 0 radical (unpaired) electrons. The van der Waals surface area contributed by atoms with Crippen LogP contribution in [0.25, 0.3) is 5.57 Å². The Balaban J connectivity index is -0.000000103. The number of hydrogen-bond acceptors (Lipinski definition) is 3. The first-order valence-corrected chi connectivity index (χ1v) is 19.4. The molecule has 0 heterocycles. The van der Waals surface area contributed by atoms with Crippen molar-refractivity contribution in [3.05, 3.63) is 147 Å². The van der Waals surface area contributed by atoms with Crippen molar-refractivity contribution in [1.82, 2.24) is 0 Å². The molecule has 0 aromatic heterocycles. The highest BCUT2D eigenvalue weighted by atomic mass is 14.9. The monoisotopic (exact) mass is 720 g/mol. The molecule has 0 aliphatic heterocycles. The molecule has 0 fully saturated rings. The van der Waals surface area contributed by atoms with Crippen molar-refractivity contribution in [1.29, 1.82) is 0 Å². The molecule has 0 bridgehead atoms. The third kappa shape index (κ3) is 44.2. The van der Waals surface area contributed by atoms with Crippen LogP contribution in [0.3, 0.4) is 0 Å². The first kappa shape index (κ1) is 63.2. The molecule has 2 rings (SSSR count). The van der Waals surface area contributed by atoms with Crippen LogP contribution >= 0.6 is 0 Å². The van der Waals surface area contributed by atoms with Gasteiger partial charge in [-0.3, -0.25) is 0 Å². The van der Waals surface area contributed by atoms with Gasteiger partial charge in [0.25, 0.3) is 0 Å². The molecule has 0 amide bonds. The summed E-state index contributed by atoms with van der Waals surface area (Å²) in [6, 6.07) is 14.7. The molecule has 2 aromatic rings. The van der Waals surface area contributed by atoms with Gasteiger partial charge in [0.1, 0.15) is 0 Å². The zero-order valence-electron chi connectivity index (χ0n) is 37.0. The summed E-state index contributed by atoms with van der Waals surface area (Å²) in [6.07, 6.45) is 16.8. The third-order valence-electron chi connectivity index (χ3n) is 7.38. The van der Waals surface area contributed by atoms with Crippen LogP contribution in [0.1, 0.15) is 142 Å². The Bertz CT molecular complexity index is 1060. The lowest BCUT2D eigenvalue weighted by Crippen LogP contribution is -2.03. The minimum absolute atomic E-state index is 0.921. The second-order valence-corrected chi connectivity index (χ2v) is 11.5. The SMILES string of the molecule is C=C.C=C.C=C/C=C(\CC)C(=C)Nc1cc(C(=C)C)ccc1C.C=CN.CCCC.CCCC.CCCC(CC)CC.CN.Cc1ccccc1C. The quantitative estimate of drug-likeness (QED) is 0.151. The second-order valence-electron chi connectivity index (χ2n) is 11.5. The number of nitrogens with one attached hydrogen (secondary N) is 1. The summed E-state index contributed by atoms with van der Waals surface area (Å²) in [5.74, 6) is 1.000. The summed E-state index contributed by atoms with van der Waals surface area (Å²) in [6.45, 7) is 53.0. The zero-order chi connectivity index (χ0) is 42.3. The van der Waals surface area contributed by atoms with Crippen molar-refractivity contribution in [3.8, 4) is 0 Å². The number of anilines is 1. The maximum Gasteiger partial charge on any atom is 0.0419 e. The molecule has 0 saturated carbocycles. The van der Waals surface area contributed by atoms with Gasteiger partial charge in [-0.05, 0) is 87.2 Å². The fourth-order valence-electron chi connectivity index (χ4n) is 3.61. The topological polar surface area (TPSA) is 64.1 Å². The van der Waals surface area contributed by atoms with Crippen LogP contribution in [-0.4, -0.2) is 7.05 Å². The summed E-state index contributed by atoms with van der Waals surface area (Å²) < 4.78 is 0. The Kier molecular flexibility index (Phi) is 65.6. The average Bonchev–Trinajstić information content (AvgIpc) is 3.18. The third-order valence-corrected chi connectivity index (χ3v) is 7.38. The van der Waals surface area contributed by atoms with Crippen molar-refractivity contribution >= 4 is 11.3 Å². The van der Waals surface area contributed by atoms with Crippen LogP contribution in [0.4, 0.5) is 5.69 Å². The fraction of sp³-hybridized carbons (Fsp3) is 0.469. The molecule has 2 aromatic carbocycles. The van der Waals surface area contributed by atoms with Crippen LogP contribution in [0.15, 0.2) is 125 Å². The van der Waals surface area contributed by atoms with Gasteiger partial charge in [-0.25, -0.2) is 0 Å². The van der Waals surface area contributed by atoms with Gasteiger partial charge in [0, 0.05) is 11.4 Å². The summed E-state index contributed by atoms with van der Waals surface area (Å²) in [5, 5.41) is 3.39. The van der Waals surface area contributed by atoms with Gasteiger partial charge < -0.3 is 16.8 Å². The van der Waals surface area contributed by atoms with E-state index in [1.165, 1.54) is 81.3 Å². The van der Waals surface area contributed by atoms with Crippen LogP contribution in [0.2, 0.25) is 0 Å². The largest absolute Gasteiger partial charge is 0.405 e. The van der Waals surface area contributed by atoms with Crippen molar-refractivity contribution in [2.45, 2.75) is 141 Å². The minimum Gasteiger partial charge on any atom is -0.405 e. The van der Waals surface area contributed by atoms with Gasteiger partial charge in [0.15, 0.2) is 0 Å². The molecule has 0 aliphatic carbocycles. The molecular weight excluding hydrogens is 631 g/mol. The number of nitrogens with two attached hydrogens (primary N) is 2. The smallest absolute Gasteiger partial charge is 0.0419 e.